The van der Waals surface area contributed by atoms with E-state index in [-0.39, 0.29) is 18.6 Å². The molecule has 1 aliphatic heterocycles. The van der Waals surface area contributed by atoms with E-state index >= 15 is 0 Å². The maximum absolute atomic E-state index is 11.8. The Balaban J connectivity index is 1.41. The minimum atomic E-state index is 0.0274. The van der Waals surface area contributed by atoms with Crippen molar-refractivity contribution in [3.8, 4) is 0 Å². The third-order valence-corrected chi connectivity index (χ3v) is 3.94. The Morgan fingerprint density at radius 1 is 1.21 bits per heavy atom. The van der Waals surface area contributed by atoms with Crippen molar-refractivity contribution in [2.45, 2.75) is 26.2 Å². The number of carbonyl (C=O) groups excluding carboxylic acids is 1. The third-order valence-electron chi connectivity index (χ3n) is 3.94. The van der Waals surface area contributed by atoms with Crippen LogP contribution in [0, 0.1) is 0 Å². The van der Waals surface area contributed by atoms with Crippen molar-refractivity contribution < 1.29 is 14.3 Å². The van der Waals surface area contributed by atoms with Gasteiger partial charge in [-0.15, -0.1) is 5.10 Å². The van der Waals surface area contributed by atoms with E-state index in [1.165, 1.54) is 0 Å². The van der Waals surface area contributed by atoms with E-state index in [4.69, 9.17) is 9.47 Å². The van der Waals surface area contributed by atoms with Gasteiger partial charge < -0.3 is 14.4 Å². The zero-order valence-corrected chi connectivity index (χ0v) is 13.8. The monoisotopic (exact) mass is 330 g/mol. The van der Waals surface area contributed by atoms with Crippen molar-refractivity contribution in [3.63, 3.8) is 0 Å². The van der Waals surface area contributed by atoms with Gasteiger partial charge in [0, 0.05) is 19.7 Å². The number of benzene rings is 1. The van der Waals surface area contributed by atoms with Gasteiger partial charge in [0.25, 0.3) is 0 Å². The van der Waals surface area contributed by atoms with Crippen LogP contribution in [0.2, 0.25) is 0 Å². The topological polar surface area (TPSA) is 69.5 Å². The van der Waals surface area contributed by atoms with Gasteiger partial charge in [0.2, 0.25) is 5.91 Å². The van der Waals surface area contributed by atoms with Crippen molar-refractivity contribution in [1.82, 2.24) is 19.9 Å². The number of rotatable bonds is 8. The Morgan fingerprint density at radius 3 is 2.75 bits per heavy atom. The lowest BCUT2D eigenvalue weighted by molar-refractivity contribution is -0.142. The summed E-state index contributed by atoms with van der Waals surface area (Å²) in [6.45, 7) is 4.87. The van der Waals surface area contributed by atoms with E-state index < -0.39 is 0 Å². The van der Waals surface area contributed by atoms with Gasteiger partial charge in [-0.25, -0.2) is 4.68 Å². The molecule has 0 spiro atoms. The standard InChI is InChI=1S/C17H22N4O3/c1-2-23-13-17(22)20-9-16(10-20)21-8-15(18-19-21)12-24-11-14-6-4-3-5-7-14/h3-8,16H,2,9-13H2,1H3. The highest BCUT2D eigenvalue weighted by molar-refractivity contribution is 5.78. The van der Waals surface area contributed by atoms with Crippen LogP contribution in [0.4, 0.5) is 0 Å². The first-order chi connectivity index (χ1) is 11.8. The molecule has 0 saturated carbocycles. The fraction of sp³-hybridized carbons (Fsp3) is 0.471. The zero-order valence-electron chi connectivity index (χ0n) is 13.8. The predicted molar refractivity (Wildman–Crippen MR) is 87.1 cm³/mol. The molecule has 0 unspecified atom stereocenters. The second-order valence-corrected chi connectivity index (χ2v) is 5.76. The summed E-state index contributed by atoms with van der Waals surface area (Å²) in [6.07, 6.45) is 1.89. The van der Waals surface area contributed by atoms with Crippen LogP contribution in [0.15, 0.2) is 36.5 Å². The molecule has 0 N–H and O–H groups in total. The first-order valence-electron chi connectivity index (χ1n) is 8.14. The van der Waals surface area contributed by atoms with Crippen LogP contribution < -0.4 is 0 Å². The lowest BCUT2D eigenvalue weighted by Crippen LogP contribution is -2.52. The molecule has 2 aromatic rings. The van der Waals surface area contributed by atoms with Crippen molar-refractivity contribution in [3.05, 3.63) is 47.8 Å². The largest absolute Gasteiger partial charge is 0.372 e. The summed E-state index contributed by atoms with van der Waals surface area (Å²) in [5, 5.41) is 8.27. The van der Waals surface area contributed by atoms with E-state index in [0.717, 1.165) is 11.3 Å². The Labute approximate surface area is 141 Å². The average molecular weight is 330 g/mol. The van der Waals surface area contributed by atoms with E-state index in [1.54, 1.807) is 4.90 Å². The van der Waals surface area contributed by atoms with Gasteiger partial charge in [-0.1, -0.05) is 35.5 Å². The van der Waals surface area contributed by atoms with Crippen molar-refractivity contribution in [2.75, 3.05) is 26.3 Å². The molecule has 1 saturated heterocycles. The fourth-order valence-corrected chi connectivity index (χ4v) is 2.51. The highest BCUT2D eigenvalue weighted by Crippen LogP contribution is 2.20. The minimum absolute atomic E-state index is 0.0274. The smallest absolute Gasteiger partial charge is 0.248 e. The first kappa shape index (κ1) is 16.6. The molecule has 0 bridgehead atoms. The second-order valence-electron chi connectivity index (χ2n) is 5.76. The summed E-state index contributed by atoms with van der Waals surface area (Å²) in [6, 6.07) is 10.2. The lowest BCUT2D eigenvalue weighted by Gasteiger charge is -2.38. The van der Waals surface area contributed by atoms with E-state index in [9.17, 15) is 4.79 Å². The molecule has 7 heteroatoms. The number of nitrogens with zero attached hydrogens (tertiary/aromatic N) is 4. The third kappa shape index (κ3) is 4.18. The highest BCUT2D eigenvalue weighted by atomic mass is 16.5. The van der Waals surface area contributed by atoms with Gasteiger partial charge in [-0.05, 0) is 12.5 Å². The molecule has 0 aliphatic carbocycles. The number of likely N-dealkylation sites (tertiary alicyclic amines) is 1. The van der Waals surface area contributed by atoms with Gasteiger partial charge in [0.05, 0.1) is 25.5 Å². The summed E-state index contributed by atoms with van der Waals surface area (Å²) in [7, 11) is 0. The Morgan fingerprint density at radius 2 is 2.00 bits per heavy atom. The second kappa shape index (κ2) is 8.03. The summed E-state index contributed by atoms with van der Waals surface area (Å²) >= 11 is 0. The molecule has 1 aromatic heterocycles. The van der Waals surface area contributed by atoms with Gasteiger partial charge in [-0.3, -0.25) is 4.79 Å². The Bertz CT molecular complexity index is 653. The van der Waals surface area contributed by atoms with E-state index in [2.05, 4.69) is 10.3 Å². The Hall–Kier alpha value is -2.25. The summed E-state index contributed by atoms with van der Waals surface area (Å²) in [5.74, 6) is 0.0274. The summed E-state index contributed by atoms with van der Waals surface area (Å²) in [5.41, 5.74) is 1.93. The van der Waals surface area contributed by atoms with Crippen molar-refractivity contribution >= 4 is 5.91 Å². The molecule has 1 aromatic carbocycles. The molecule has 24 heavy (non-hydrogen) atoms. The minimum Gasteiger partial charge on any atom is -0.372 e. The number of ether oxygens (including phenoxy) is 2. The lowest BCUT2D eigenvalue weighted by atomic mass is 10.1. The molecular formula is C17H22N4O3. The summed E-state index contributed by atoms with van der Waals surface area (Å²) < 4.78 is 12.6. The van der Waals surface area contributed by atoms with Crippen molar-refractivity contribution in [1.29, 1.82) is 0 Å². The molecule has 1 fully saturated rings. The number of carbonyl (C=O) groups is 1. The van der Waals surface area contributed by atoms with Crippen LogP contribution in [0.25, 0.3) is 0 Å². The maximum Gasteiger partial charge on any atom is 0.248 e. The molecular weight excluding hydrogens is 308 g/mol. The molecule has 1 aliphatic rings. The zero-order chi connectivity index (χ0) is 16.8. The van der Waals surface area contributed by atoms with E-state index in [0.29, 0.717) is 32.9 Å². The molecule has 3 rings (SSSR count). The van der Waals surface area contributed by atoms with Crippen LogP contribution in [-0.4, -0.2) is 52.1 Å². The maximum atomic E-state index is 11.8. The van der Waals surface area contributed by atoms with E-state index in [1.807, 2.05) is 48.1 Å². The van der Waals surface area contributed by atoms with Gasteiger partial charge in [0.15, 0.2) is 0 Å². The number of amides is 1. The highest BCUT2D eigenvalue weighted by Gasteiger charge is 2.32. The Kier molecular flexibility index (Phi) is 5.55. The van der Waals surface area contributed by atoms with Crippen LogP contribution in [0.3, 0.4) is 0 Å². The van der Waals surface area contributed by atoms with Crippen molar-refractivity contribution in [2.24, 2.45) is 0 Å². The fourth-order valence-electron chi connectivity index (χ4n) is 2.51. The van der Waals surface area contributed by atoms with Crippen LogP contribution in [0.5, 0.6) is 0 Å². The number of aromatic nitrogens is 3. The first-order valence-corrected chi connectivity index (χ1v) is 8.14. The van der Waals surface area contributed by atoms with Crippen LogP contribution in [0.1, 0.15) is 24.2 Å². The van der Waals surface area contributed by atoms with Crippen LogP contribution >= 0.6 is 0 Å². The van der Waals surface area contributed by atoms with Crippen LogP contribution in [-0.2, 0) is 27.5 Å². The molecule has 128 valence electrons. The number of hydrogen-bond acceptors (Lipinski definition) is 5. The predicted octanol–water partition coefficient (Wildman–Crippen LogP) is 1.41. The number of hydrogen-bond donors (Lipinski definition) is 0. The molecule has 0 atom stereocenters. The normalized spacial score (nSPS) is 14.6. The average Bonchev–Trinajstić information content (AvgIpc) is 3.01. The quantitative estimate of drug-likeness (QED) is 0.732. The molecule has 0 radical (unpaired) electrons. The molecule has 7 nitrogen and oxygen atoms in total. The summed E-state index contributed by atoms with van der Waals surface area (Å²) in [4.78, 5) is 13.5. The van der Waals surface area contributed by atoms with Gasteiger partial charge in [-0.2, -0.15) is 0 Å². The van der Waals surface area contributed by atoms with Gasteiger partial charge >= 0.3 is 0 Å². The SMILES string of the molecule is CCOCC(=O)N1CC(n2cc(COCc3ccccc3)nn2)C1. The molecule has 2 heterocycles. The van der Waals surface area contributed by atoms with Gasteiger partial charge in [0.1, 0.15) is 12.3 Å². The molecule has 1 amide bonds.